The molecule has 2 rings (SSSR count). The molecule has 0 aromatic carbocycles. The lowest BCUT2D eigenvalue weighted by Crippen LogP contribution is -2.32. The number of amides is 1. The van der Waals surface area contributed by atoms with Crippen molar-refractivity contribution in [3.05, 3.63) is 33.9 Å². The first kappa shape index (κ1) is 22.3. The van der Waals surface area contributed by atoms with Gasteiger partial charge in [0, 0.05) is 48.7 Å². The van der Waals surface area contributed by atoms with Crippen molar-refractivity contribution < 1.29 is 23.1 Å². The Bertz CT molecular complexity index is 771. The molecule has 1 saturated heterocycles. The van der Waals surface area contributed by atoms with Crippen molar-refractivity contribution in [2.45, 2.75) is 38.5 Å². The smallest absolute Gasteiger partial charge is 0.333 e. The van der Waals surface area contributed by atoms with Crippen molar-refractivity contribution in [2.75, 3.05) is 31.6 Å². The van der Waals surface area contributed by atoms with Gasteiger partial charge in [-0.2, -0.15) is 0 Å². The van der Waals surface area contributed by atoms with Crippen molar-refractivity contribution in [1.29, 1.82) is 0 Å². The molecule has 2 heterocycles. The molecule has 0 bridgehead atoms. The number of carbonyl (C=O) groups excluding carboxylic acids is 2. The molecule has 154 valence electrons. The van der Waals surface area contributed by atoms with Gasteiger partial charge in [-0.15, -0.1) is 0 Å². The molecule has 1 N–H and O–H groups in total. The molecule has 9 heteroatoms. The molecular weight excluding hydrogens is 436 g/mol. The Labute approximate surface area is 171 Å². The zero-order chi connectivity index (χ0) is 20.9. The highest BCUT2D eigenvalue weighted by molar-refractivity contribution is 9.10. The third-order valence-corrected chi connectivity index (χ3v) is 5.49. The summed E-state index contributed by atoms with van der Waals surface area (Å²) in [5.74, 6) is -3.21. The summed E-state index contributed by atoms with van der Waals surface area (Å²) in [4.78, 5) is 30.3. The van der Waals surface area contributed by atoms with E-state index in [4.69, 9.17) is 0 Å². The number of hydrogen-bond donors (Lipinski definition) is 1. The van der Waals surface area contributed by atoms with Crippen LogP contribution in [-0.2, 0) is 9.53 Å². The van der Waals surface area contributed by atoms with Crippen molar-refractivity contribution in [3.63, 3.8) is 0 Å². The average Bonchev–Trinajstić information content (AvgIpc) is 2.83. The number of carbonyl (C=O) groups is 2. The van der Waals surface area contributed by atoms with Crippen LogP contribution in [-0.4, -0.2) is 49.5 Å². The summed E-state index contributed by atoms with van der Waals surface area (Å²) in [6.07, 6.45) is 1.69. The van der Waals surface area contributed by atoms with Gasteiger partial charge in [-0.1, -0.05) is 6.58 Å². The van der Waals surface area contributed by atoms with E-state index in [0.29, 0.717) is 34.4 Å². The van der Waals surface area contributed by atoms with Gasteiger partial charge in [-0.25, -0.2) is 18.6 Å². The lowest BCUT2D eigenvalue weighted by molar-refractivity contribution is -0.136. The fraction of sp³-hybridized carbons (Fsp3) is 0.526. The van der Waals surface area contributed by atoms with Crippen LogP contribution in [0.25, 0.3) is 0 Å². The van der Waals surface area contributed by atoms with Crippen molar-refractivity contribution in [2.24, 2.45) is 0 Å². The number of methoxy groups -OCH3 is 1. The van der Waals surface area contributed by atoms with Crippen LogP contribution >= 0.6 is 15.9 Å². The Hall–Kier alpha value is -2.03. The Kier molecular flexibility index (Phi) is 7.51. The number of rotatable bonds is 6. The molecule has 0 radical (unpaired) electrons. The maximum Gasteiger partial charge on any atom is 0.333 e. The molecule has 0 saturated carbocycles. The summed E-state index contributed by atoms with van der Waals surface area (Å²) < 4.78 is 32.7. The van der Waals surface area contributed by atoms with E-state index in [1.54, 1.807) is 18.0 Å². The predicted molar refractivity (Wildman–Crippen MR) is 106 cm³/mol. The lowest BCUT2D eigenvalue weighted by Gasteiger charge is -2.25. The molecule has 0 spiro atoms. The first-order chi connectivity index (χ1) is 13.2. The Morgan fingerprint density at radius 1 is 1.39 bits per heavy atom. The minimum atomic E-state index is -2.70. The SMILES string of the molecule is C=C(CCNC(=O)c1c(N2CCCC(F)(F)CC2)ncc(Br)c1C)C(=O)OC. The summed E-state index contributed by atoms with van der Waals surface area (Å²) in [7, 11) is 1.26. The fourth-order valence-electron chi connectivity index (χ4n) is 3.02. The monoisotopic (exact) mass is 459 g/mol. The number of anilines is 1. The molecule has 1 aromatic rings. The second kappa shape index (κ2) is 9.45. The van der Waals surface area contributed by atoms with Gasteiger partial charge in [0.25, 0.3) is 5.91 Å². The first-order valence-corrected chi connectivity index (χ1v) is 9.77. The zero-order valence-corrected chi connectivity index (χ0v) is 17.6. The number of aromatic nitrogens is 1. The predicted octanol–water partition coefficient (Wildman–Crippen LogP) is 3.63. The highest BCUT2D eigenvalue weighted by Gasteiger charge is 2.33. The lowest BCUT2D eigenvalue weighted by atomic mass is 10.1. The van der Waals surface area contributed by atoms with Gasteiger partial charge in [-0.05, 0) is 41.3 Å². The van der Waals surface area contributed by atoms with Crippen LogP contribution in [0.2, 0.25) is 0 Å². The minimum absolute atomic E-state index is 0.125. The van der Waals surface area contributed by atoms with Gasteiger partial charge >= 0.3 is 5.97 Å². The van der Waals surface area contributed by atoms with Crippen molar-refractivity contribution in [3.8, 4) is 0 Å². The van der Waals surface area contributed by atoms with Gasteiger partial charge in [0.05, 0.1) is 12.7 Å². The van der Waals surface area contributed by atoms with E-state index in [0.717, 1.165) is 0 Å². The third kappa shape index (κ3) is 5.50. The number of nitrogens with one attached hydrogen (secondary N) is 1. The molecule has 1 aliphatic heterocycles. The van der Waals surface area contributed by atoms with Crippen LogP contribution in [0.1, 0.15) is 41.6 Å². The first-order valence-electron chi connectivity index (χ1n) is 8.98. The van der Waals surface area contributed by atoms with Crippen LogP contribution in [0.3, 0.4) is 0 Å². The number of pyridine rings is 1. The Morgan fingerprint density at radius 2 is 2.11 bits per heavy atom. The second-order valence-electron chi connectivity index (χ2n) is 6.73. The van der Waals surface area contributed by atoms with Gasteiger partial charge in [0.1, 0.15) is 5.82 Å². The molecular formula is C19H24BrF2N3O3. The van der Waals surface area contributed by atoms with Crippen LogP contribution in [0, 0.1) is 6.92 Å². The van der Waals surface area contributed by atoms with Gasteiger partial charge < -0.3 is 15.0 Å². The summed E-state index contributed by atoms with van der Waals surface area (Å²) in [6.45, 7) is 6.11. The summed E-state index contributed by atoms with van der Waals surface area (Å²) in [6, 6.07) is 0. The maximum atomic E-state index is 13.7. The fourth-order valence-corrected chi connectivity index (χ4v) is 3.32. The number of nitrogens with zero attached hydrogens (tertiary/aromatic N) is 2. The van der Waals surface area contributed by atoms with Crippen LogP contribution in [0.15, 0.2) is 22.8 Å². The van der Waals surface area contributed by atoms with Crippen LogP contribution in [0.4, 0.5) is 14.6 Å². The molecule has 1 amide bonds. The molecule has 1 fully saturated rings. The maximum absolute atomic E-state index is 13.7. The van der Waals surface area contributed by atoms with Crippen LogP contribution < -0.4 is 10.2 Å². The molecule has 1 aliphatic rings. The third-order valence-electron chi connectivity index (χ3n) is 4.69. The van der Waals surface area contributed by atoms with E-state index in [1.807, 2.05) is 0 Å². The minimum Gasteiger partial charge on any atom is -0.466 e. The average molecular weight is 460 g/mol. The second-order valence-corrected chi connectivity index (χ2v) is 7.58. The summed E-state index contributed by atoms with van der Waals surface area (Å²) in [5, 5.41) is 2.75. The van der Waals surface area contributed by atoms with Gasteiger partial charge in [-0.3, -0.25) is 4.79 Å². The summed E-state index contributed by atoms with van der Waals surface area (Å²) in [5.41, 5.74) is 1.26. The van der Waals surface area contributed by atoms with Gasteiger partial charge in [0.15, 0.2) is 0 Å². The van der Waals surface area contributed by atoms with E-state index in [-0.39, 0.29) is 43.8 Å². The topological polar surface area (TPSA) is 71.5 Å². The Morgan fingerprint density at radius 3 is 2.79 bits per heavy atom. The quantitative estimate of drug-likeness (QED) is 0.519. The van der Waals surface area contributed by atoms with Gasteiger partial charge in [0.2, 0.25) is 5.92 Å². The number of esters is 1. The van der Waals surface area contributed by atoms with E-state index in [2.05, 4.69) is 37.5 Å². The molecule has 6 nitrogen and oxygen atoms in total. The zero-order valence-electron chi connectivity index (χ0n) is 16.0. The highest BCUT2D eigenvalue weighted by atomic mass is 79.9. The standard InChI is InChI=1S/C19H24BrF2N3O3/c1-12(18(27)28-3)5-8-23-17(26)15-13(2)14(20)11-24-16(15)25-9-4-6-19(21,22)7-10-25/h11H,1,4-10H2,2-3H3,(H,23,26). The molecule has 0 atom stereocenters. The molecule has 0 aliphatic carbocycles. The van der Waals surface area contributed by atoms with E-state index >= 15 is 0 Å². The van der Waals surface area contributed by atoms with Crippen molar-refractivity contribution in [1.82, 2.24) is 10.3 Å². The molecule has 0 unspecified atom stereocenters. The number of hydrogen-bond acceptors (Lipinski definition) is 5. The summed E-state index contributed by atoms with van der Waals surface area (Å²) >= 11 is 3.37. The molecule has 1 aromatic heterocycles. The number of halogens is 3. The van der Waals surface area contributed by atoms with E-state index in [9.17, 15) is 18.4 Å². The van der Waals surface area contributed by atoms with Crippen molar-refractivity contribution >= 4 is 33.6 Å². The highest BCUT2D eigenvalue weighted by Crippen LogP contribution is 2.32. The van der Waals surface area contributed by atoms with Crippen LogP contribution in [0.5, 0.6) is 0 Å². The normalized spacial score (nSPS) is 16.2. The Balaban J connectivity index is 2.18. The molecule has 28 heavy (non-hydrogen) atoms. The number of ether oxygens (including phenoxy) is 1. The van der Waals surface area contributed by atoms with E-state index < -0.39 is 11.9 Å². The largest absolute Gasteiger partial charge is 0.466 e. The number of alkyl halides is 2. The van der Waals surface area contributed by atoms with E-state index in [1.165, 1.54) is 7.11 Å².